The molecule has 0 unspecified atom stereocenters. The number of amides is 1. The SMILES string of the molecule is N#Cc1ccccc1COc1ccc(/C=C2/SC(=NCc3ccccc3)N(Cc3ccccc3)C2=O)cc1. The van der Waals surface area contributed by atoms with Crippen LogP contribution in [0.4, 0.5) is 0 Å². The van der Waals surface area contributed by atoms with Crippen LogP contribution in [0.3, 0.4) is 0 Å². The van der Waals surface area contributed by atoms with Crippen LogP contribution in [0.15, 0.2) is 119 Å². The lowest BCUT2D eigenvalue weighted by Crippen LogP contribution is -2.28. The van der Waals surface area contributed by atoms with Gasteiger partial charge in [-0.3, -0.25) is 14.7 Å². The number of amidine groups is 1. The van der Waals surface area contributed by atoms with Crippen LogP contribution in [0.1, 0.15) is 27.8 Å². The molecule has 1 saturated heterocycles. The topological polar surface area (TPSA) is 65.7 Å². The maximum Gasteiger partial charge on any atom is 0.267 e. The fourth-order valence-corrected chi connectivity index (χ4v) is 4.98. The monoisotopic (exact) mass is 515 g/mol. The highest BCUT2D eigenvalue weighted by molar-refractivity contribution is 8.18. The summed E-state index contributed by atoms with van der Waals surface area (Å²) in [4.78, 5) is 20.6. The number of benzene rings is 4. The highest BCUT2D eigenvalue weighted by Gasteiger charge is 2.33. The molecule has 0 aromatic heterocycles. The Balaban J connectivity index is 1.32. The van der Waals surface area contributed by atoms with Crippen molar-refractivity contribution in [2.75, 3.05) is 0 Å². The van der Waals surface area contributed by atoms with Gasteiger partial charge in [0.15, 0.2) is 5.17 Å². The fraction of sp³-hybridized carbons (Fsp3) is 0.0938. The molecule has 5 rings (SSSR count). The second-order valence-electron chi connectivity index (χ2n) is 8.70. The van der Waals surface area contributed by atoms with E-state index in [-0.39, 0.29) is 5.91 Å². The molecule has 0 radical (unpaired) electrons. The van der Waals surface area contributed by atoms with E-state index in [1.165, 1.54) is 11.8 Å². The van der Waals surface area contributed by atoms with Crippen LogP contribution in [0.2, 0.25) is 0 Å². The molecule has 38 heavy (non-hydrogen) atoms. The summed E-state index contributed by atoms with van der Waals surface area (Å²) < 4.78 is 5.88. The molecule has 4 aromatic rings. The van der Waals surface area contributed by atoms with Crippen molar-refractivity contribution in [3.63, 3.8) is 0 Å². The van der Waals surface area contributed by atoms with Gasteiger partial charge in [-0.25, -0.2) is 0 Å². The fourth-order valence-electron chi connectivity index (χ4n) is 4.00. The minimum absolute atomic E-state index is 0.0564. The van der Waals surface area contributed by atoms with Crippen LogP contribution in [0.25, 0.3) is 6.08 Å². The number of ether oxygens (including phenoxy) is 1. The number of carbonyl (C=O) groups is 1. The second kappa shape index (κ2) is 12.1. The van der Waals surface area contributed by atoms with Crippen LogP contribution in [0, 0.1) is 11.3 Å². The normalized spacial score (nSPS) is 15.1. The molecule has 1 amide bonds. The molecule has 1 heterocycles. The van der Waals surface area contributed by atoms with Crippen molar-refractivity contribution in [2.45, 2.75) is 19.7 Å². The van der Waals surface area contributed by atoms with Gasteiger partial charge in [0.2, 0.25) is 0 Å². The minimum atomic E-state index is -0.0564. The molecule has 0 spiro atoms. The molecule has 0 N–H and O–H groups in total. The van der Waals surface area contributed by atoms with Crippen molar-refractivity contribution < 1.29 is 9.53 Å². The van der Waals surface area contributed by atoms with Gasteiger partial charge in [0.25, 0.3) is 5.91 Å². The number of carbonyl (C=O) groups excluding carboxylic acids is 1. The van der Waals surface area contributed by atoms with Gasteiger partial charge in [0.05, 0.1) is 29.6 Å². The van der Waals surface area contributed by atoms with Gasteiger partial charge < -0.3 is 4.74 Å². The van der Waals surface area contributed by atoms with E-state index >= 15 is 0 Å². The Hall–Kier alpha value is -4.60. The van der Waals surface area contributed by atoms with Crippen molar-refractivity contribution in [1.29, 1.82) is 5.26 Å². The Bertz CT molecular complexity index is 1510. The predicted molar refractivity (Wildman–Crippen MR) is 152 cm³/mol. The summed E-state index contributed by atoms with van der Waals surface area (Å²) in [6.45, 7) is 1.29. The number of nitriles is 1. The second-order valence-corrected chi connectivity index (χ2v) is 9.71. The number of thioether (sulfide) groups is 1. The third-order valence-electron chi connectivity index (χ3n) is 6.02. The van der Waals surface area contributed by atoms with Gasteiger partial charge in [-0.05, 0) is 52.7 Å². The largest absolute Gasteiger partial charge is 0.489 e. The molecule has 1 aliphatic rings. The summed E-state index contributed by atoms with van der Waals surface area (Å²) in [7, 11) is 0. The summed E-state index contributed by atoms with van der Waals surface area (Å²) in [5.41, 5.74) is 4.49. The van der Waals surface area contributed by atoms with Gasteiger partial charge in [0, 0.05) is 5.56 Å². The van der Waals surface area contributed by atoms with Gasteiger partial charge in [-0.1, -0.05) is 91.0 Å². The molecule has 0 bridgehead atoms. The minimum Gasteiger partial charge on any atom is -0.489 e. The lowest BCUT2D eigenvalue weighted by molar-refractivity contribution is -0.122. The number of hydrogen-bond acceptors (Lipinski definition) is 5. The molecule has 0 aliphatic carbocycles. The Kier molecular flexibility index (Phi) is 7.98. The Morgan fingerprint density at radius 2 is 1.50 bits per heavy atom. The standard InChI is InChI=1S/C32H25N3O2S/c33-20-27-13-7-8-14-28(27)23-37-29-17-15-24(16-18-29)19-30-31(36)35(22-26-11-5-2-6-12-26)32(38-30)34-21-25-9-3-1-4-10-25/h1-19H,21-23H2/b30-19+,34-32?. The van der Waals surface area contributed by atoms with Crippen molar-refractivity contribution in [1.82, 2.24) is 4.90 Å². The number of nitrogens with zero attached hydrogens (tertiary/aromatic N) is 3. The van der Waals surface area contributed by atoms with Crippen molar-refractivity contribution in [3.05, 3.63) is 142 Å². The van der Waals surface area contributed by atoms with Gasteiger partial charge >= 0.3 is 0 Å². The maximum absolute atomic E-state index is 13.4. The third kappa shape index (κ3) is 6.20. The Morgan fingerprint density at radius 1 is 0.842 bits per heavy atom. The van der Waals surface area contributed by atoms with Gasteiger partial charge in [0.1, 0.15) is 12.4 Å². The summed E-state index contributed by atoms with van der Waals surface area (Å²) in [6.07, 6.45) is 1.89. The first-order valence-electron chi connectivity index (χ1n) is 12.2. The van der Waals surface area contributed by atoms with E-state index in [1.54, 1.807) is 11.0 Å². The highest BCUT2D eigenvalue weighted by Crippen LogP contribution is 2.34. The molecule has 0 atom stereocenters. The number of hydrogen-bond donors (Lipinski definition) is 0. The van der Waals surface area contributed by atoms with E-state index in [0.717, 1.165) is 22.3 Å². The third-order valence-corrected chi connectivity index (χ3v) is 7.07. The molecule has 6 heteroatoms. The molecule has 1 aliphatic heterocycles. The maximum atomic E-state index is 13.4. The van der Waals surface area contributed by atoms with E-state index in [4.69, 9.17) is 9.73 Å². The first kappa shape index (κ1) is 25.1. The van der Waals surface area contributed by atoms with Gasteiger partial charge in [-0.2, -0.15) is 5.26 Å². The molecule has 4 aromatic carbocycles. The Morgan fingerprint density at radius 3 is 2.21 bits per heavy atom. The quantitative estimate of drug-likeness (QED) is 0.242. The zero-order valence-electron chi connectivity index (χ0n) is 20.7. The molecule has 1 fully saturated rings. The van der Waals surface area contributed by atoms with E-state index < -0.39 is 0 Å². The first-order chi connectivity index (χ1) is 18.7. The van der Waals surface area contributed by atoms with Crippen LogP contribution in [0.5, 0.6) is 5.75 Å². The summed E-state index contributed by atoms with van der Waals surface area (Å²) in [5.74, 6) is 0.639. The highest BCUT2D eigenvalue weighted by atomic mass is 32.2. The summed E-state index contributed by atoms with van der Waals surface area (Å²) in [5, 5.41) is 9.97. The smallest absolute Gasteiger partial charge is 0.267 e. The average molecular weight is 516 g/mol. The van der Waals surface area contributed by atoms with E-state index in [0.29, 0.717) is 41.1 Å². The number of rotatable bonds is 8. The van der Waals surface area contributed by atoms with Crippen LogP contribution in [-0.4, -0.2) is 16.0 Å². The van der Waals surface area contributed by atoms with Crippen molar-refractivity contribution in [2.24, 2.45) is 4.99 Å². The molecule has 186 valence electrons. The molecule has 5 nitrogen and oxygen atoms in total. The zero-order chi connectivity index (χ0) is 26.2. The van der Waals surface area contributed by atoms with Gasteiger partial charge in [-0.15, -0.1) is 0 Å². The summed E-state index contributed by atoms with van der Waals surface area (Å²) in [6, 6.07) is 37.2. The van der Waals surface area contributed by atoms with Crippen molar-refractivity contribution >= 4 is 28.9 Å². The van der Waals surface area contributed by atoms with E-state index in [9.17, 15) is 10.1 Å². The lowest BCUT2D eigenvalue weighted by atomic mass is 10.1. The zero-order valence-corrected chi connectivity index (χ0v) is 21.5. The Labute approximate surface area is 226 Å². The number of aliphatic imine (C=N–C) groups is 1. The van der Waals surface area contributed by atoms with Crippen molar-refractivity contribution in [3.8, 4) is 11.8 Å². The molecule has 0 saturated carbocycles. The van der Waals surface area contributed by atoms with E-state index in [2.05, 4.69) is 6.07 Å². The van der Waals surface area contributed by atoms with Crippen LogP contribution in [-0.2, 0) is 24.5 Å². The van der Waals surface area contributed by atoms with Crippen LogP contribution < -0.4 is 4.74 Å². The summed E-state index contributed by atoms with van der Waals surface area (Å²) >= 11 is 1.40. The lowest BCUT2D eigenvalue weighted by Gasteiger charge is -2.15. The average Bonchev–Trinajstić information content (AvgIpc) is 3.26. The molecular weight excluding hydrogens is 490 g/mol. The predicted octanol–water partition coefficient (Wildman–Crippen LogP) is 6.81. The van der Waals surface area contributed by atoms with Crippen LogP contribution >= 0.6 is 11.8 Å². The van der Waals surface area contributed by atoms with E-state index in [1.807, 2.05) is 109 Å². The molecular formula is C32H25N3O2S. The first-order valence-corrected chi connectivity index (χ1v) is 13.1.